The molecule has 0 saturated heterocycles. The van der Waals surface area contributed by atoms with Crippen LogP contribution in [0.3, 0.4) is 0 Å². The van der Waals surface area contributed by atoms with Crippen LogP contribution in [0, 0.1) is 0 Å². The van der Waals surface area contributed by atoms with Crippen LogP contribution in [0.25, 0.3) is 0 Å². The Morgan fingerprint density at radius 3 is 1.33 bits per heavy atom. The standard InChI is InChI=1S/C32H50N6O16/c1-31(2,3)54-24(44)8-13-35-26(46)33(11-6-22(42)52-18-9-21(41)20-40)25(45)34(27(35)47)12-7-23(43)53-19-16-38-29(49)36(14-10-32(4,5)51)28(48)37(15-17-39)30(38)50/h21,39-41,51H,6-20H2,1-5H3. The molecule has 0 saturated carbocycles. The number of carbonyl (C=O) groups is 3. The molecular weight excluding hydrogens is 724 g/mol. The van der Waals surface area contributed by atoms with Crippen molar-refractivity contribution in [2.45, 2.75) is 123 Å². The number of esters is 3. The summed E-state index contributed by atoms with van der Waals surface area (Å²) in [6, 6.07) is 0. The van der Waals surface area contributed by atoms with E-state index in [0.29, 0.717) is 27.4 Å². The number of aromatic nitrogens is 6. The highest BCUT2D eigenvalue weighted by molar-refractivity contribution is 5.70. The summed E-state index contributed by atoms with van der Waals surface area (Å²) >= 11 is 0. The zero-order valence-corrected chi connectivity index (χ0v) is 31.1. The third-order valence-electron chi connectivity index (χ3n) is 7.58. The van der Waals surface area contributed by atoms with E-state index in [4.69, 9.17) is 19.3 Å². The Hall–Kier alpha value is -4.93. The van der Waals surface area contributed by atoms with Crippen LogP contribution < -0.4 is 34.1 Å². The lowest BCUT2D eigenvalue weighted by Gasteiger charge is -2.19. The first-order chi connectivity index (χ1) is 25.1. The molecule has 304 valence electrons. The minimum atomic E-state index is -1.27. The zero-order chi connectivity index (χ0) is 41.0. The zero-order valence-electron chi connectivity index (χ0n) is 31.1. The van der Waals surface area contributed by atoms with E-state index in [1.165, 1.54) is 13.8 Å². The van der Waals surface area contributed by atoms with Crippen molar-refractivity contribution in [2.24, 2.45) is 0 Å². The highest BCUT2D eigenvalue weighted by Gasteiger charge is 2.22. The molecule has 2 aromatic rings. The van der Waals surface area contributed by atoms with Crippen LogP contribution >= 0.6 is 0 Å². The van der Waals surface area contributed by atoms with Gasteiger partial charge < -0.3 is 34.6 Å². The van der Waals surface area contributed by atoms with Crippen LogP contribution in [0.2, 0.25) is 0 Å². The van der Waals surface area contributed by atoms with Gasteiger partial charge in [-0.05, 0) is 41.0 Å². The van der Waals surface area contributed by atoms with E-state index in [1.807, 2.05) is 0 Å². The molecule has 1 unspecified atom stereocenters. The Bertz CT molecular complexity index is 1990. The molecule has 0 aliphatic carbocycles. The minimum Gasteiger partial charge on any atom is -0.466 e. The van der Waals surface area contributed by atoms with Crippen LogP contribution in [-0.4, -0.2) is 109 Å². The molecule has 0 fully saturated rings. The average molecular weight is 775 g/mol. The molecule has 1 atom stereocenters. The summed E-state index contributed by atoms with van der Waals surface area (Å²) in [7, 11) is 0. The monoisotopic (exact) mass is 774 g/mol. The summed E-state index contributed by atoms with van der Waals surface area (Å²) in [5.74, 6) is -2.64. The normalized spacial score (nSPS) is 12.4. The Balaban J connectivity index is 2.30. The molecule has 0 radical (unpaired) electrons. The fourth-order valence-corrected chi connectivity index (χ4v) is 4.80. The third-order valence-corrected chi connectivity index (χ3v) is 7.58. The smallest absolute Gasteiger partial charge is 0.336 e. The van der Waals surface area contributed by atoms with E-state index < -0.39 is 141 Å². The summed E-state index contributed by atoms with van der Waals surface area (Å²) in [4.78, 5) is 116. The predicted molar refractivity (Wildman–Crippen MR) is 186 cm³/mol. The van der Waals surface area contributed by atoms with Crippen molar-refractivity contribution in [2.75, 3.05) is 26.4 Å². The number of hydrogen-bond donors (Lipinski definition) is 4. The van der Waals surface area contributed by atoms with Gasteiger partial charge in [0.1, 0.15) is 12.2 Å². The molecule has 2 rings (SSSR count). The highest BCUT2D eigenvalue weighted by atomic mass is 16.6. The molecule has 2 aromatic heterocycles. The SMILES string of the molecule is CC(C)(O)CCn1c(=O)n(CCO)c(=O)n(CCOC(=O)CCn2c(=O)n(CCC(=O)OCCC(O)CO)c(=O)n(CCC(=O)OC(C)(C)C)c2=O)c1=O. The molecule has 0 spiro atoms. The Morgan fingerprint density at radius 1 is 0.574 bits per heavy atom. The topological polar surface area (TPSA) is 292 Å². The van der Waals surface area contributed by atoms with Crippen molar-refractivity contribution in [3.63, 3.8) is 0 Å². The Morgan fingerprint density at radius 2 is 0.944 bits per heavy atom. The fraction of sp³-hybridized carbons (Fsp3) is 0.719. The highest BCUT2D eigenvalue weighted by Crippen LogP contribution is 2.08. The average Bonchev–Trinajstić information content (AvgIpc) is 3.06. The molecule has 2 heterocycles. The number of aliphatic hydroxyl groups excluding tert-OH is 3. The predicted octanol–water partition coefficient (Wildman–Crippen LogP) is -4.15. The third kappa shape index (κ3) is 13.5. The van der Waals surface area contributed by atoms with Gasteiger partial charge in [-0.25, -0.2) is 56.2 Å². The van der Waals surface area contributed by atoms with Crippen molar-refractivity contribution in [1.82, 2.24) is 27.4 Å². The molecule has 0 aromatic carbocycles. The molecule has 22 heteroatoms. The number of rotatable bonds is 21. The summed E-state index contributed by atoms with van der Waals surface area (Å²) in [5.41, 5.74) is -8.81. The molecule has 4 N–H and O–H groups in total. The van der Waals surface area contributed by atoms with Gasteiger partial charge in [-0.15, -0.1) is 0 Å². The molecule has 0 aliphatic rings. The van der Waals surface area contributed by atoms with E-state index in [-0.39, 0.29) is 26.0 Å². The van der Waals surface area contributed by atoms with Gasteiger partial charge in [-0.1, -0.05) is 0 Å². The molecule has 54 heavy (non-hydrogen) atoms. The van der Waals surface area contributed by atoms with Gasteiger partial charge >= 0.3 is 52.0 Å². The second kappa shape index (κ2) is 19.9. The molecule has 0 amide bonds. The van der Waals surface area contributed by atoms with Crippen LogP contribution in [0.5, 0.6) is 0 Å². The Labute approximate surface area is 307 Å². The molecule has 0 bridgehead atoms. The maximum atomic E-state index is 13.3. The van der Waals surface area contributed by atoms with Gasteiger partial charge in [0.25, 0.3) is 0 Å². The van der Waals surface area contributed by atoms with Gasteiger partial charge in [0.15, 0.2) is 0 Å². The number of aliphatic hydroxyl groups is 4. The van der Waals surface area contributed by atoms with E-state index >= 15 is 0 Å². The number of carbonyl (C=O) groups excluding carboxylic acids is 3. The summed E-state index contributed by atoms with van der Waals surface area (Å²) in [6.45, 7) is 2.73. The van der Waals surface area contributed by atoms with Crippen molar-refractivity contribution in [3.05, 3.63) is 62.9 Å². The molecular formula is C32H50N6O16. The first kappa shape index (κ1) is 45.2. The second-order valence-corrected chi connectivity index (χ2v) is 13.8. The lowest BCUT2D eigenvalue weighted by atomic mass is 10.1. The summed E-state index contributed by atoms with van der Waals surface area (Å²) < 4.78 is 18.8. The minimum absolute atomic E-state index is 0.0373. The van der Waals surface area contributed by atoms with Crippen molar-refractivity contribution in [1.29, 1.82) is 0 Å². The first-order valence-electron chi connectivity index (χ1n) is 17.2. The maximum Gasteiger partial charge on any atom is 0.336 e. The lowest BCUT2D eigenvalue weighted by molar-refractivity contribution is -0.155. The molecule has 0 aliphatic heterocycles. The van der Waals surface area contributed by atoms with E-state index in [0.717, 1.165) is 0 Å². The largest absolute Gasteiger partial charge is 0.466 e. The second-order valence-electron chi connectivity index (χ2n) is 13.8. The number of nitrogens with zero attached hydrogens (tertiary/aromatic N) is 6. The summed E-state index contributed by atoms with van der Waals surface area (Å²) in [5, 5.41) is 37.7. The van der Waals surface area contributed by atoms with Crippen molar-refractivity contribution < 1.29 is 49.0 Å². The quantitative estimate of drug-likeness (QED) is 0.0692. The van der Waals surface area contributed by atoms with E-state index in [9.17, 15) is 58.5 Å². The first-order valence-corrected chi connectivity index (χ1v) is 17.2. The van der Waals surface area contributed by atoms with Gasteiger partial charge in [0, 0.05) is 32.6 Å². The molecule has 22 nitrogen and oxygen atoms in total. The lowest BCUT2D eigenvalue weighted by Crippen LogP contribution is -2.55. The van der Waals surface area contributed by atoms with Crippen molar-refractivity contribution >= 4 is 17.9 Å². The van der Waals surface area contributed by atoms with Crippen LogP contribution in [0.15, 0.2) is 28.8 Å². The Kier molecular flexibility index (Phi) is 16.7. The maximum absolute atomic E-state index is 13.3. The van der Waals surface area contributed by atoms with Crippen LogP contribution in [0.4, 0.5) is 0 Å². The fourth-order valence-electron chi connectivity index (χ4n) is 4.80. The van der Waals surface area contributed by atoms with E-state index in [2.05, 4.69) is 0 Å². The van der Waals surface area contributed by atoms with E-state index in [1.54, 1.807) is 20.8 Å². The number of ether oxygens (including phenoxy) is 3. The van der Waals surface area contributed by atoms with Gasteiger partial charge in [-0.2, -0.15) is 0 Å². The van der Waals surface area contributed by atoms with Gasteiger partial charge in [-0.3, -0.25) is 14.4 Å². The van der Waals surface area contributed by atoms with Crippen LogP contribution in [-0.2, 0) is 67.9 Å². The number of hydrogen-bond acceptors (Lipinski definition) is 16. The van der Waals surface area contributed by atoms with Crippen molar-refractivity contribution in [3.8, 4) is 0 Å². The summed E-state index contributed by atoms with van der Waals surface area (Å²) in [6.07, 6.45) is -2.85. The van der Waals surface area contributed by atoms with Gasteiger partial charge in [0.05, 0.1) is 63.9 Å². The van der Waals surface area contributed by atoms with Crippen LogP contribution in [0.1, 0.15) is 66.7 Å². The van der Waals surface area contributed by atoms with Gasteiger partial charge in [0.2, 0.25) is 0 Å².